The van der Waals surface area contributed by atoms with Crippen LogP contribution in [0.5, 0.6) is 0 Å². The molecule has 17 heavy (non-hydrogen) atoms. The van der Waals surface area contributed by atoms with Gasteiger partial charge < -0.3 is 10.1 Å². The van der Waals surface area contributed by atoms with Gasteiger partial charge >= 0.3 is 6.09 Å². The smallest absolute Gasteiger partial charge is 0.421 e. The number of nitrogens with two attached hydrogens (primary N) is 1. The molecule has 1 aromatic carbocycles. The number of hydrazine groups is 1. The summed E-state index contributed by atoms with van der Waals surface area (Å²) >= 11 is 3.40. The van der Waals surface area contributed by atoms with Crippen molar-refractivity contribution in [3.63, 3.8) is 0 Å². The van der Waals surface area contributed by atoms with Crippen LogP contribution in [0.2, 0.25) is 0 Å². The Morgan fingerprint density at radius 2 is 2.29 bits per heavy atom. The Morgan fingerprint density at radius 1 is 1.53 bits per heavy atom. The number of carbonyl (C=O) groups is 1. The van der Waals surface area contributed by atoms with E-state index in [0.29, 0.717) is 6.42 Å². The van der Waals surface area contributed by atoms with Gasteiger partial charge in [-0.3, -0.25) is 0 Å². The maximum atomic E-state index is 10.6. The first kappa shape index (κ1) is 11.9. The molecule has 0 bridgehead atoms. The number of H-pyrrole nitrogens is 1. The summed E-state index contributed by atoms with van der Waals surface area (Å²) in [6, 6.07) is 5.93. The van der Waals surface area contributed by atoms with Crippen LogP contribution in [0.3, 0.4) is 0 Å². The number of hydrogen-bond acceptors (Lipinski definition) is 2. The minimum Gasteiger partial charge on any atom is -0.464 e. The van der Waals surface area contributed by atoms with Crippen LogP contribution < -0.4 is 5.84 Å². The largest absolute Gasteiger partial charge is 0.464 e. The summed E-state index contributed by atoms with van der Waals surface area (Å²) < 4.78 is 1.00. The standard InChI is InChI=1S/C11H12BrN3O2/c12-8-1-2-9-7(6-14-10(9)5-8)3-4-15(13)11(16)17/h1-2,5-6,14H,3-4,13H2,(H,16,17). The number of aromatic nitrogens is 1. The molecule has 90 valence electrons. The van der Waals surface area contributed by atoms with E-state index in [1.807, 2.05) is 24.4 Å². The summed E-state index contributed by atoms with van der Waals surface area (Å²) in [6.07, 6.45) is 1.35. The monoisotopic (exact) mass is 297 g/mol. The third-order valence-electron chi connectivity index (χ3n) is 2.60. The van der Waals surface area contributed by atoms with Gasteiger partial charge in [-0.05, 0) is 24.1 Å². The molecule has 0 radical (unpaired) electrons. The van der Waals surface area contributed by atoms with Gasteiger partial charge in [-0.1, -0.05) is 22.0 Å². The third kappa shape index (κ3) is 2.59. The molecule has 5 nitrogen and oxygen atoms in total. The van der Waals surface area contributed by atoms with Crippen LogP contribution in [-0.2, 0) is 6.42 Å². The third-order valence-corrected chi connectivity index (χ3v) is 3.09. The van der Waals surface area contributed by atoms with Gasteiger partial charge in [0.05, 0.1) is 0 Å². The number of nitrogens with zero attached hydrogens (tertiary/aromatic N) is 1. The van der Waals surface area contributed by atoms with Gasteiger partial charge in [0.25, 0.3) is 0 Å². The number of halogens is 1. The van der Waals surface area contributed by atoms with Gasteiger partial charge in [-0.25, -0.2) is 15.6 Å². The lowest BCUT2D eigenvalue weighted by Crippen LogP contribution is -2.37. The van der Waals surface area contributed by atoms with Crippen molar-refractivity contribution in [2.75, 3.05) is 6.54 Å². The first-order valence-corrected chi connectivity index (χ1v) is 5.88. The van der Waals surface area contributed by atoms with E-state index in [4.69, 9.17) is 10.9 Å². The van der Waals surface area contributed by atoms with Crippen LogP contribution in [0, 0.1) is 0 Å². The molecule has 0 unspecified atom stereocenters. The van der Waals surface area contributed by atoms with Crippen molar-refractivity contribution in [2.24, 2.45) is 5.84 Å². The minimum absolute atomic E-state index is 0.276. The van der Waals surface area contributed by atoms with Crippen molar-refractivity contribution in [2.45, 2.75) is 6.42 Å². The second-order valence-electron chi connectivity index (χ2n) is 3.73. The first-order chi connectivity index (χ1) is 8.08. The van der Waals surface area contributed by atoms with Crippen molar-refractivity contribution in [3.8, 4) is 0 Å². The van der Waals surface area contributed by atoms with Crippen LogP contribution in [0.1, 0.15) is 5.56 Å². The van der Waals surface area contributed by atoms with Crippen LogP contribution >= 0.6 is 15.9 Å². The highest BCUT2D eigenvalue weighted by atomic mass is 79.9. The topological polar surface area (TPSA) is 82.3 Å². The van der Waals surface area contributed by atoms with E-state index in [1.54, 1.807) is 0 Å². The molecule has 6 heteroatoms. The van der Waals surface area contributed by atoms with Crippen molar-refractivity contribution in [3.05, 3.63) is 34.4 Å². The van der Waals surface area contributed by atoms with E-state index in [0.717, 1.165) is 25.9 Å². The molecule has 0 fully saturated rings. The average Bonchev–Trinajstić information content (AvgIpc) is 2.67. The zero-order chi connectivity index (χ0) is 12.4. The fourth-order valence-electron chi connectivity index (χ4n) is 1.70. The highest BCUT2D eigenvalue weighted by molar-refractivity contribution is 9.10. The highest BCUT2D eigenvalue weighted by Crippen LogP contribution is 2.22. The van der Waals surface area contributed by atoms with Crippen molar-refractivity contribution >= 4 is 32.9 Å². The Morgan fingerprint density at radius 3 is 3.00 bits per heavy atom. The van der Waals surface area contributed by atoms with E-state index >= 15 is 0 Å². The zero-order valence-electron chi connectivity index (χ0n) is 8.98. The number of aromatic amines is 1. The molecule has 2 rings (SSSR count). The number of rotatable bonds is 3. The summed E-state index contributed by atoms with van der Waals surface area (Å²) in [4.78, 5) is 13.7. The Hall–Kier alpha value is -1.53. The SMILES string of the molecule is NN(CCc1c[nH]c2cc(Br)ccc12)C(=O)O. The van der Waals surface area contributed by atoms with Gasteiger partial charge in [0.15, 0.2) is 0 Å². The second-order valence-corrected chi connectivity index (χ2v) is 4.65. The average molecular weight is 298 g/mol. The quantitative estimate of drug-likeness (QED) is 0.462. The number of benzene rings is 1. The summed E-state index contributed by atoms with van der Waals surface area (Å²) in [5.41, 5.74) is 2.08. The van der Waals surface area contributed by atoms with Crippen molar-refractivity contribution in [1.82, 2.24) is 9.99 Å². The lowest BCUT2D eigenvalue weighted by molar-refractivity contribution is 0.146. The van der Waals surface area contributed by atoms with Crippen molar-refractivity contribution in [1.29, 1.82) is 0 Å². The predicted octanol–water partition coefficient (Wildman–Crippen LogP) is 2.33. The number of hydrogen-bond donors (Lipinski definition) is 3. The predicted molar refractivity (Wildman–Crippen MR) is 68.6 cm³/mol. The van der Waals surface area contributed by atoms with E-state index in [2.05, 4.69) is 20.9 Å². The summed E-state index contributed by atoms with van der Waals surface area (Å²) in [7, 11) is 0. The molecule has 4 N–H and O–H groups in total. The lowest BCUT2D eigenvalue weighted by Gasteiger charge is -2.11. The van der Waals surface area contributed by atoms with Gasteiger partial charge in [-0.2, -0.15) is 0 Å². The Labute approximate surface area is 106 Å². The lowest BCUT2D eigenvalue weighted by atomic mass is 10.1. The molecule has 2 aromatic rings. The summed E-state index contributed by atoms with van der Waals surface area (Å²) in [6.45, 7) is 0.276. The maximum Gasteiger partial charge on any atom is 0.421 e. The first-order valence-electron chi connectivity index (χ1n) is 5.08. The van der Waals surface area contributed by atoms with Gasteiger partial charge in [0.2, 0.25) is 0 Å². The van der Waals surface area contributed by atoms with Crippen LogP contribution in [-0.4, -0.2) is 27.7 Å². The molecule has 0 aliphatic rings. The van der Waals surface area contributed by atoms with Crippen LogP contribution in [0.15, 0.2) is 28.9 Å². The van der Waals surface area contributed by atoms with E-state index < -0.39 is 6.09 Å². The molecule has 0 saturated heterocycles. The molecular formula is C11H12BrN3O2. The molecule has 0 saturated carbocycles. The Balaban J connectivity index is 2.17. The molecule has 1 amide bonds. The summed E-state index contributed by atoms with van der Waals surface area (Å²) in [5, 5.41) is 10.5. The maximum absolute atomic E-state index is 10.6. The molecular weight excluding hydrogens is 286 g/mol. The molecule has 1 heterocycles. The van der Waals surface area contributed by atoms with Gasteiger partial charge in [0.1, 0.15) is 0 Å². The fourth-order valence-corrected chi connectivity index (χ4v) is 2.06. The Bertz CT molecular complexity index is 553. The second kappa shape index (κ2) is 4.77. The molecule has 0 spiro atoms. The van der Waals surface area contributed by atoms with E-state index in [9.17, 15) is 4.79 Å². The Kier molecular flexibility index (Phi) is 3.35. The van der Waals surface area contributed by atoms with Gasteiger partial charge in [0, 0.05) is 28.1 Å². The number of fused-ring (bicyclic) bond motifs is 1. The molecule has 0 aliphatic heterocycles. The number of carboxylic acid groups (broad SMARTS) is 1. The van der Waals surface area contributed by atoms with Crippen molar-refractivity contribution < 1.29 is 9.90 Å². The van der Waals surface area contributed by atoms with Crippen LogP contribution in [0.25, 0.3) is 10.9 Å². The molecule has 1 aromatic heterocycles. The minimum atomic E-state index is -1.12. The van der Waals surface area contributed by atoms with Gasteiger partial charge in [-0.15, -0.1) is 0 Å². The highest BCUT2D eigenvalue weighted by Gasteiger charge is 2.08. The molecule has 0 atom stereocenters. The number of amides is 1. The number of nitrogens with one attached hydrogen (secondary N) is 1. The normalized spacial score (nSPS) is 10.7. The van der Waals surface area contributed by atoms with E-state index in [-0.39, 0.29) is 6.54 Å². The van der Waals surface area contributed by atoms with Crippen LogP contribution in [0.4, 0.5) is 4.79 Å². The zero-order valence-corrected chi connectivity index (χ0v) is 10.6. The summed E-state index contributed by atoms with van der Waals surface area (Å²) in [5.74, 6) is 5.32. The van der Waals surface area contributed by atoms with E-state index in [1.165, 1.54) is 0 Å². The fraction of sp³-hybridized carbons (Fsp3) is 0.182. The molecule has 0 aliphatic carbocycles.